The fraction of sp³-hybridized carbons (Fsp3) is 0.441. The summed E-state index contributed by atoms with van der Waals surface area (Å²) in [6, 6.07) is 6.09. The van der Waals surface area contributed by atoms with Crippen molar-refractivity contribution in [1.82, 2.24) is 25.2 Å². The molecule has 0 radical (unpaired) electrons. The van der Waals surface area contributed by atoms with E-state index in [2.05, 4.69) is 31.0 Å². The third kappa shape index (κ3) is 4.57. The topological polar surface area (TPSA) is 86.6 Å². The van der Waals surface area contributed by atoms with Crippen LogP contribution < -0.4 is 15.0 Å². The molecule has 2 N–H and O–H groups in total. The number of piperazine rings is 1. The molecule has 0 aliphatic carbocycles. The van der Waals surface area contributed by atoms with Crippen LogP contribution in [0.15, 0.2) is 24.3 Å². The molecule has 4 atom stereocenters. The molecule has 4 aromatic rings. The molecule has 232 valence electrons. The van der Waals surface area contributed by atoms with Gasteiger partial charge in [0.05, 0.1) is 22.2 Å². The van der Waals surface area contributed by atoms with Gasteiger partial charge < -0.3 is 20.1 Å². The zero-order valence-electron chi connectivity index (χ0n) is 24.9. The second kappa shape index (κ2) is 10.5. The van der Waals surface area contributed by atoms with E-state index in [4.69, 9.17) is 16.1 Å². The van der Waals surface area contributed by atoms with E-state index >= 15 is 4.39 Å². The molecule has 0 unspecified atom stereocenters. The number of phenols is 1. The van der Waals surface area contributed by atoms with E-state index in [0.717, 1.165) is 32.2 Å². The summed E-state index contributed by atoms with van der Waals surface area (Å²) in [4.78, 5) is 18.4. The number of halogens is 3. The number of hydrogen-bond acceptors (Lipinski definition) is 8. The van der Waals surface area contributed by atoms with Crippen molar-refractivity contribution in [3.8, 4) is 35.4 Å². The Bertz CT molecular complexity index is 1900. The molecule has 0 spiro atoms. The number of nitrogens with one attached hydrogen (secondary N) is 1. The Morgan fingerprint density at radius 2 is 1.91 bits per heavy atom. The average Bonchev–Trinajstić information content (AvgIpc) is 3.67. The van der Waals surface area contributed by atoms with Crippen LogP contribution in [0.5, 0.6) is 11.8 Å². The highest BCUT2D eigenvalue weighted by molar-refractivity contribution is 6.03. The second-order valence-electron chi connectivity index (χ2n) is 13.0. The van der Waals surface area contributed by atoms with Gasteiger partial charge in [0.25, 0.3) is 0 Å². The number of aryl methyl sites for hydroxylation is 1. The Morgan fingerprint density at radius 1 is 1.11 bits per heavy atom. The van der Waals surface area contributed by atoms with Gasteiger partial charge in [-0.05, 0) is 62.7 Å². The molecule has 45 heavy (non-hydrogen) atoms. The van der Waals surface area contributed by atoms with Gasteiger partial charge in [0.15, 0.2) is 5.82 Å². The molecular weight excluding hydrogens is 581 g/mol. The van der Waals surface area contributed by atoms with Gasteiger partial charge in [-0.15, -0.1) is 6.42 Å². The number of benzene rings is 2. The molecule has 0 saturated carbocycles. The predicted molar refractivity (Wildman–Crippen MR) is 165 cm³/mol. The Hall–Kier alpha value is -4.14. The summed E-state index contributed by atoms with van der Waals surface area (Å²) in [5, 5.41) is 15.4. The van der Waals surface area contributed by atoms with Crippen molar-refractivity contribution in [2.24, 2.45) is 0 Å². The number of fused-ring (bicyclic) bond motifs is 5. The summed E-state index contributed by atoms with van der Waals surface area (Å²) in [7, 11) is 0. The van der Waals surface area contributed by atoms with E-state index in [-0.39, 0.29) is 58.2 Å². The molecule has 0 amide bonds. The normalized spacial score (nSPS) is 26.1. The van der Waals surface area contributed by atoms with Gasteiger partial charge in [-0.25, -0.2) is 18.2 Å². The summed E-state index contributed by atoms with van der Waals surface area (Å²) in [6.07, 6.45) is 9.04. The van der Waals surface area contributed by atoms with Crippen molar-refractivity contribution in [2.45, 2.75) is 62.8 Å². The van der Waals surface area contributed by atoms with Gasteiger partial charge in [0.2, 0.25) is 0 Å². The molecule has 6 heterocycles. The molecule has 4 saturated heterocycles. The van der Waals surface area contributed by atoms with Crippen LogP contribution in [0.1, 0.15) is 43.4 Å². The number of phenolic OH excluding ortho intramolecular Hbond substituents is 1. The van der Waals surface area contributed by atoms with Crippen molar-refractivity contribution in [3.63, 3.8) is 0 Å². The number of aromatic nitrogens is 3. The van der Waals surface area contributed by atoms with Crippen molar-refractivity contribution >= 4 is 27.5 Å². The third-order valence-corrected chi connectivity index (χ3v) is 10.1. The minimum Gasteiger partial charge on any atom is -0.508 e. The lowest BCUT2D eigenvalue weighted by Gasteiger charge is -2.35. The van der Waals surface area contributed by atoms with Crippen LogP contribution in [0.25, 0.3) is 32.9 Å². The first-order valence-electron chi connectivity index (χ1n) is 15.6. The largest absolute Gasteiger partial charge is 0.508 e. The number of ether oxygens (including phenoxy) is 1. The Balaban J connectivity index is 1.30. The van der Waals surface area contributed by atoms with Crippen LogP contribution in [0.2, 0.25) is 0 Å². The van der Waals surface area contributed by atoms with E-state index in [1.807, 2.05) is 0 Å². The number of pyridine rings is 1. The van der Waals surface area contributed by atoms with Gasteiger partial charge in [0.1, 0.15) is 41.4 Å². The number of hydrogen-bond donors (Lipinski definition) is 2. The van der Waals surface area contributed by atoms with E-state index in [1.165, 1.54) is 24.3 Å². The highest BCUT2D eigenvalue weighted by atomic mass is 19.1. The molecule has 2 bridgehead atoms. The minimum absolute atomic E-state index is 0.00843. The molecule has 2 aromatic carbocycles. The van der Waals surface area contributed by atoms with Crippen LogP contribution in [-0.4, -0.2) is 81.5 Å². The standard InChI is InChI=1S/C34H33F3N6O2/c1-3-24-26(36)8-5-19-11-23(44)12-25(28(19)24)30-29(37)31-27(18(2)38-30)32(42-15-21-6-7-22(16-42)39-21)41-33(40-31)45-17-34-9-4-10-43(34)14-20(35)13-34/h1,5,8,11-12,20-22,39,44H,4,6-7,9-10,13-17H2,2H3/t20-,21-,22+,34+/m1/s1. The van der Waals surface area contributed by atoms with Gasteiger partial charge in [-0.3, -0.25) is 4.90 Å². The summed E-state index contributed by atoms with van der Waals surface area (Å²) in [5.74, 6) is 1.39. The van der Waals surface area contributed by atoms with Crippen molar-refractivity contribution < 1.29 is 23.0 Å². The van der Waals surface area contributed by atoms with Crippen molar-refractivity contribution in [3.05, 3.63) is 47.2 Å². The zero-order chi connectivity index (χ0) is 31.0. The van der Waals surface area contributed by atoms with Crippen LogP contribution >= 0.6 is 0 Å². The van der Waals surface area contributed by atoms with Crippen molar-refractivity contribution in [2.75, 3.05) is 37.7 Å². The number of alkyl halides is 1. The van der Waals surface area contributed by atoms with Gasteiger partial charge in [0, 0.05) is 49.1 Å². The van der Waals surface area contributed by atoms with Gasteiger partial charge >= 0.3 is 6.01 Å². The van der Waals surface area contributed by atoms with E-state index in [9.17, 15) is 13.9 Å². The van der Waals surface area contributed by atoms with E-state index in [1.54, 1.807) is 6.92 Å². The SMILES string of the molecule is C#Cc1c(F)ccc2cc(O)cc(-c3nc(C)c4c(N5C[C@H]6CC[C@@H](C5)N6)nc(OC[C@@]56CCCN5C[C@H](F)C6)nc4c3F)c12. The molecule has 11 heteroatoms. The maximum atomic E-state index is 16.9. The fourth-order valence-corrected chi connectivity index (χ4v) is 8.15. The monoisotopic (exact) mass is 614 g/mol. The maximum absolute atomic E-state index is 16.9. The Labute approximate surface area is 258 Å². The lowest BCUT2D eigenvalue weighted by atomic mass is 9.95. The number of aromatic hydroxyl groups is 1. The number of nitrogens with zero attached hydrogens (tertiary/aromatic N) is 5. The summed E-state index contributed by atoms with van der Waals surface area (Å²) in [6.45, 7) is 4.54. The highest BCUT2D eigenvalue weighted by Gasteiger charge is 2.49. The molecule has 4 aliphatic heterocycles. The van der Waals surface area contributed by atoms with E-state index in [0.29, 0.717) is 48.3 Å². The quantitative estimate of drug-likeness (QED) is 0.304. The maximum Gasteiger partial charge on any atom is 0.319 e. The number of anilines is 1. The molecule has 4 aliphatic rings. The fourth-order valence-electron chi connectivity index (χ4n) is 8.15. The summed E-state index contributed by atoms with van der Waals surface area (Å²) < 4.78 is 52.5. The zero-order valence-corrected chi connectivity index (χ0v) is 24.9. The predicted octanol–water partition coefficient (Wildman–Crippen LogP) is 5.01. The number of rotatable bonds is 5. The molecule has 4 fully saturated rings. The Kier molecular flexibility index (Phi) is 6.59. The third-order valence-electron chi connectivity index (χ3n) is 10.1. The lowest BCUT2D eigenvalue weighted by molar-refractivity contribution is 0.107. The number of terminal acetylenes is 1. The highest BCUT2D eigenvalue weighted by Crippen LogP contribution is 2.42. The van der Waals surface area contributed by atoms with Gasteiger partial charge in [-0.2, -0.15) is 9.97 Å². The summed E-state index contributed by atoms with van der Waals surface area (Å²) >= 11 is 0. The minimum atomic E-state index is -0.915. The van der Waals surface area contributed by atoms with Crippen LogP contribution in [0, 0.1) is 30.9 Å². The molecule has 8 rings (SSSR count). The Morgan fingerprint density at radius 3 is 2.69 bits per heavy atom. The van der Waals surface area contributed by atoms with Crippen LogP contribution in [0.4, 0.5) is 19.0 Å². The smallest absolute Gasteiger partial charge is 0.319 e. The second-order valence-corrected chi connectivity index (χ2v) is 13.0. The van der Waals surface area contributed by atoms with E-state index < -0.39 is 23.3 Å². The molecular formula is C34H33F3N6O2. The van der Waals surface area contributed by atoms with Gasteiger partial charge in [-0.1, -0.05) is 12.0 Å². The van der Waals surface area contributed by atoms with Crippen molar-refractivity contribution in [1.29, 1.82) is 0 Å². The first-order chi connectivity index (χ1) is 21.7. The summed E-state index contributed by atoms with van der Waals surface area (Å²) in [5.41, 5.74) is 0.0434. The van der Waals surface area contributed by atoms with Crippen LogP contribution in [0.3, 0.4) is 0 Å². The molecule has 8 nitrogen and oxygen atoms in total. The average molecular weight is 615 g/mol. The lowest BCUT2D eigenvalue weighted by Crippen LogP contribution is -2.51. The first-order valence-corrected chi connectivity index (χ1v) is 15.6. The molecule has 2 aromatic heterocycles. The van der Waals surface area contributed by atoms with Crippen LogP contribution in [-0.2, 0) is 0 Å². The first kappa shape index (κ1) is 28.3.